The molecule has 3 rings (SSSR count). The van der Waals surface area contributed by atoms with E-state index in [1.165, 1.54) is 17.3 Å². The molecule has 2 heterocycles. The third-order valence-electron chi connectivity index (χ3n) is 4.85. The van der Waals surface area contributed by atoms with Crippen LogP contribution in [0, 0.1) is 13.8 Å². The summed E-state index contributed by atoms with van der Waals surface area (Å²) in [6.07, 6.45) is 4.87. The zero-order valence-electron chi connectivity index (χ0n) is 16.6. The Hall–Kier alpha value is -1.96. The second-order valence-electron chi connectivity index (χ2n) is 6.96. The average Bonchev–Trinajstić information content (AvgIpc) is 3.28. The maximum absolute atomic E-state index is 12.6. The Bertz CT molecular complexity index is 936. The number of rotatable bonds is 8. The standard InChI is InChI=1S/C22H24N2O2S3/c1-15-8-6-10-18(16(15)2)23-20(25)11-4-3-5-12-24-21(26)19(29-22(24)27)14-17-9-7-13-28-17/h6-10,13-14H,3-5,11-12H2,1-2H3,(H,23,25)/b19-14-. The Morgan fingerprint density at radius 2 is 2.00 bits per heavy atom. The van der Waals surface area contributed by atoms with Crippen molar-refractivity contribution in [3.8, 4) is 0 Å². The van der Waals surface area contributed by atoms with E-state index < -0.39 is 0 Å². The van der Waals surface area contributed by atoms with E-state index in [0.717, 1.165) is 35.4 Å². The molecule has 1 N–H and O–H groups in total. The number of carbonyl (C=O) groups excluding carboxylic acids is 2. The summed E-state index contributed by atoms with van der Waals surface area (Å²) < 4.78 is 0.616. The van der Waals surface area contributed by atoms with E-state index in [1.54, 1.807) is 16.2 Å². The molecule has 1 aromatic carbocycles. The Balaban J connectivity index is 1.40. The Kier molecular flexibility index (Phi) is 7.64. The van der Waals surface area contributed by atoms with Crippen LogP contribution in [0.5, 0.6) is 0 Å². The van der Waals surface area contributed by atoms with Crippen LogP contribution in [0.25, 0.3) is 6.08 Å². The van der Waals surface area contributed by atoms with Gasteiger partial charge in [0.2, 0.25) is 5.91 Å². The van der Waals surface area contributed by atoms with Crippen LogP contribution >= 0.6 is 35.3 Å². The van der Waals surface area contributed by atoms with Crippen LogP contribution in [0.4, 0.5) is 5.69 Å². The fraction of sp³-hybridized carbons (Fsp3) is 0.318. The molecule has 0 spiro atoms. The highest BCUT2D eigenvalue weighted by Crippen LogP contribution is 2.33. The minimum atomic E-state index is -0.0129. The lowest BCUT2D eigenvalue weighted by Crippen LogP contribution is -2.29. The topological polar surface area (TPSA) is 49.4 Å². The zero-order valence-corrected chi connectivity index (χ0v) is 19.0. The number of unbranched alkanes of at least 4 members (excludes halogenated alkanes) is 2. The first kappa shape index (κ1) is 21.7. The first-order valence-corrected chi connectivity index (χ1v) is 11.7. The second-order valence-corrected chi connectivity index (χ2v) is 9.61. The number of aryl methyl sites for hydroxylation is 1. The summed E-state index contributed by atoms with van der Waals surface area (Å²) >= 11 is 8.34. The normalized spacial score (nSPS) is 15.4. The van der Waals surface area contributed by atoms with Crippen molar-refractivity contribution in [2.75, 3.05) is 11.9 Å². The first-order chi connectivity index (χ1) is 14.0. The van der Waals surface area contributed by atoms with Crippen molar-refractivity contribution < 1.29 is 9.59 Å². The smallest absolute Gasteiger partial charge is 0.266 e. The second kappa shape index (κ2) is 10.2. The van der Waals surface area contributed by atoms with Gasteiger partial charge in [-0.05, 0) is 61.4 Å². The summed E-state index contributed by atoms with van der Waals surface area (Å²) in [7, 11) is 0. The lowest BCUT2D eigenvalue weighted by Gasteiger charge is -2.14. The lowest BCUT2D eigenvalue weighted by atomic mass is 10.1. The molecule has 1 aromatic heterocycles. The van der Waals surface area contributed by atoms with Crippen molar-refractivity contribution in [3.05, 3.63) is 56.6 Å². The number of hydrogen-bond acceptors (Lipinski definition) is 5. The number of nitrogens with zero attached hydrogens (tertiary/aromatic N) is 1. The van der Waals surface area contributed by atoms with E-state index in [9.17, 15) is 9.59 Å². The molecule has 0 aliphatic carbocycles. The van der Waals surface area contributed by atoms with Gasteiger partial charge in [-0.2, -0.15) is 0 Å². The van der Waals surface area contributed by atoms with Crippen LogP contribution in [-0.2, 0) is 9.59 Å². The van der Waals surface area contributed by atoms with E-state index in [2.05, 4.69) is 5.32 Å². The van der Waals surface area contributed by atoms with Gasteiger partial charge in [0, 0.05) is 23.5 Å². The molecular weight excluding hydrogens is 420 g/mol. The molecule has 1 aliphatic heterocycles. The monoisotopic (exact) mass is 444 g/mol. The number of thiophene rings is 1. The van der Waals surface area contributed by atoms with Gasteiger partial charge in [0.05, 0.1) is 4.91 Å². The van der Waals surface area contributed by atoms with Crippen molar-refractivity contribution in [1.82, 2.24) is 4.90 Å². The molecule has 4 nitrogen and oxygen atoms in total. The van der Waals surface area contributed by atoms with Crippen LogP contribution in [0.3, 0.4) is 0 Å². The molecule has 2 amide bonds. The molecule has 0 atom stereocenters. The molecule has 7 heteroatoms. The summed E-state index contributed by atoms with van der Waals surface area (Å²) in [6, 6.07) is 9.87. The van der Waals surface area contributed by atoms with E-state index in [4.69, 9.17) is 12.2 Å². The quantitative estimate of drug-likeness (QED) is 0.319. The number of thioether (sulfide) groups is 1. The number of carbonyl (C=O) groups is 2. The van der Waals surface area contributed by atoms with Crippen molar-refractivity contribution in [2.45, 2.75) is 39.5 Å². The fourth-order valence-corrected chi connectivity index (χ4v) is 5.06. The van der Waals surface area contributed by atoms with Gasteiger partial charge in [0.15, 0.2) is 0 Å². The lowest BCUT2D eigenvalue weighted by molar-refractivity contribution is -0.122. The van der Waals surface area contributed by atoms with Gasteiger partial charge in [-0.3, -0.25) is 14.5 Å². The molecule has 1 aliphatic rings. The van der Waals surface area contributed by atoms with E-state index in [-0.39, 0.29) is 11.8 Å². The highest BCUT2D eigenvalue weighted by Gasteiger charge is 2.31. The predicted octanol–water partition coefficient (Wildman–Crippen LogP) is 5.77. The molecule has 0 saturated carbocycles. The molecule has 0 bridgehead atoms. The summed E-state index contributed by atoms with van der Waals surface area (Å²) in [5, 5.41) is 4.98. The molecule has 1 saturated heterocycles. The summed E-state index contributed by atoms with van der Waals surface area (Å²) in [4.78, 5) is 28.2. The van der Waals surface area contributed by atoms with Crippen molar-refractivity contribution in [2.24, 2.45) is 0 Å². The van der Waals surface area contributed by atoms with Crippen molar-refractivity contribution in [3.63, 3.8) is 0 Å². The summed E-state index contributed by atoms with van der Waals surface area (Å²) in [5.74, 6) is 0.0178. The highest BCUT2D eigenvalue weighted by molar-refractivity contribution is 8.26. The van der Waals surface area contributed by atoms with Crippen LogP contribution in [0.15, 0.2) is 40.6 Å². The first-order valence-electron chi connectivity index (χ1n) is 9.60. The van der Waals surface area contributed by atoms with Crippen LogP contribution in [0.2, 0.25) is 0 Å². The van der Waals surface area contributed by atoms with Gasteiger partial charge in [-0.1, -0.05) is 48.6 Å². The van der Waals surface area contributed by atoms with Gasteiger partial charge in [0.1, 0.15) is 4.32 Å². The fourth-order valence-electron chi connectivity index (χ4n) is 3.03. The number of nitrogens with one attached hydrogen (secondary N) is 1. The molecule has 1 fully saturated rings. The Labute approximate surface area is 185 Å². The third kappa shape index (κ3) is 5.78. The minimum absolute atomic E-state index is 0.0129. The zero-order chi connectivity index (χ0) is 20.8. The largest absolute Gasteiger partial charge is 0.326 e. The van der Waals surface area contributed by atoms with E-state index in [0.29, 0.717) is 22.2 Å². The van der Waals surface area contributed by atoms with Gasteiger partial charge >= 0.3 is 0 Å². The predicted molar refractivity (Wildman–Crippen MR) is 127 cm³/mol. The summed E-state index contributed by atoms with van der Waals surface area (Å²) in [5.41, 5.74) is 3.15. The number of benzene rings is 1. The van der Waals surface area contributed by atoms with Crippen molar-refractivity contribution >= 4 is 63.2 Å². The number of hydrogen-bond donors (Lipinski definition) is 1. The third-order valence-corrected chi connectivity index (χ3v) is 7.05. The summed E-state index contributed by atoms with van der Waals surface area (Å²) in [6.45, 7) is 4.65. The van der Waals surface area contributed by atoms with Gasteiger partial charge < -0.3 is 5.32 Å². The molecule has 0 radical (unpaired) electrons. The maximum atomic E-state index is 12.6. The molecule has 2 aromatic rings. The van der Waals surface area contributed by atoms with E-state index in [1.807, 2.05) is 55.6 Å². The molecule has 29 heavy (non-hydrogen) atoms. The van der Waals surface area contributed by atoms with Crippen LogP contribution < -0.4 is 5.32 Å². The highest BCUT2D eigenvalue weighted by atomic mass is 32.2. The molecule has 152 valence electrons. The number of thiocarbonyl (C=S) groups is 1. The Morgan fingerprint density at radius 1 is 1.17 bits per heavy atom. The van der Waals surface area contributed by atoms with Crippen molar-refractivity contribution in [1.29, 1.82) is 0 Å². The number of amides is 2. The van der Waals surface area contributed by atoms with Gasteiger partial charge in [0.25, 0.3) is 5.91 Å². The SMILES string of the molecule is Cc1cccc(NC(=O)CCCCCN2C(=O)/C(=C/c3cccs3)SC2=S)c1C. The minimum Gasteiger partial charge on any atom is -0.326 e. The van der Waals surface area contributed by atoms with Crippen LogP contribution in [0.1, 0.15) is 41.7 Å². The Morgan fingerprint density at radius 3 is 2.76 bits per heavy atom. The molecular formula is C22H24N2O2S3. The maximum Gasteiger partial charge on any atom is 0.266 e. The van der Waals surface area contributed by atoms with Crippen LogP contribution in [-0.4, -0.2) is 27.6 Å². The van der Waals surface area contributed by atoms with E-state index >= 15 is 0 Å². The number of anilines is 1. The average molecular weight is 445 g/mol. The molecule has 0 unspecified atom stereocenters. The van der Waals surface area contributed by atoms with Gasteiger partial charge in [-0.25, -0.2) is 0 Å². The van der Waals surface area contributed by atoms with Gasteiger partial charge in [-0.15, -0.1) is 11.3 Å².